The van der Waals surface area contributed by atoms with Gasteiger partial charge in [0.2, 0.25) is 0 Å². The Morgan fingerprint density at radius 2 is 1.86 bits per heavy atom. The summed E-state index contributed by atoms with van der Waals surface area (Å²) in [5.74, 6) is 0.300. The number of hydrogen-bond donors (Lipinski definition) is 1. The lowest BCUT2D eigenvalue weighted by Crippen LogP contribution is -2.50. The molecule has 1 fully saturated rings. The molecule has 22 heavy (non-hydrogen) atoms. The summed E-state index contributed by atoms with van der Waals surface area (Å²) >= 11 is 0. The molecule has 1 radical (unpaired) electrons. The van der Waals surface area contributed by atoms with Crippen molar-refractivity contribution in [2.45, 2.75) is 52.0 Å². The number of hydrogen-bond acceptors (Lipinski definition) is 5. The Morgan fingerprint density at radius 1 is 1.18 bits per heavy atom. The van der Waals surface area contributed by atoms with Gasteiger partial charge < -0.3 is 19.3 Å². The highest BCUT2D eigenvalue weighted by Gasteiger charge is 2.35. The lowest BCUT2D eigenvalue weighted by atomic mass is 9.85. The van der Waals surface area contributed by atoms with E-state index in [1.165, 1.54) is 0 Å². The van der Waals surface area contributed by atoms with Gasteiger partial charge >= 0.3 is 7.48 Å². The summed E-state index contributed by atoms with van der Waals surface area (Å²) in [5, 5.41) is 12.3. The van der Waals surface area contributed by atoms with Crippen molar-refractivity contribution in [1.82, 2.24) is 5.06 Å². The van der Waals surface area contributed by atoms with E-state index in [4.69, 9.17) is 14.2 Å². The van der Waals surface area contributed by atoms with E-state index in [1.54, 1.807) is 7.48 Å². The standard InChI is InChI=1S/C15H33BNO4Si/c1-6-13-9-17(21-16-2)10-14(15(13)18)11-20-12-19-7-8-22(3,4)5/h13-15,18H,6-12H2,1-5H3. The topological polar surface area (TPSA) is 51.2 Å². The normalized spacial score (nSPS) is 27.1. The van der Waals surface area contributed by atoms with E-state index < -0.39 is 8.07 Å². The average Bonchev–Trinajstić information content (AvgIpc) is 2.44. The first-order chi connectivity index (χ1) is 10.4. The van der Waals surface area contributed by atoms with Crippen LogP contribution in [0.3, 0.4) is 0 Å². The molecule has 1 aliphatic heterocycles. The molecule has 3 atom stereocenters. The first kappa shape index (κ1) is 20.1. The third-order valence-corrected chi connectivity index (χ3v) is 5.82. The molecule has 1 N–H and O–H groups in total. The fourth-order valence-corrected chi connectivity index (χ4v) is 3.41. The van der Waals surface area contributed by atoms with Crippen LogP contribution in [0.5, 0.6) is 0 Å². The van der Waals surface area contributed by atoms with Gasteiger partial charge in [0.15, 0.2) is 0 Å². The third-order valence-electron chi connectivity index (χ3n) is 4.12. The van der Waals surface area contributed by atoms with E-state index in [2.05, 4.69) is 26.6 Å². The molecule has 0 amide bonds. The van der Waals surface area contributed by atoms with E-state index in [0.717, 1.165) is 25.6 Å². The number of aliphatic hydroxyl groups is 1. The van der Waals surface area contributed by atoms with Gasteiger partial charge in [0.1, 0.15) is 6.79 Å². The van der Waals surface area contributed by atoms with Crippen LogP contribution < -0.4 is 0 Å². The maximum Gasteiger partial charge on any atom is 0.321 e. The third kappa shape index (κ3) is 7.57. The highest BCUT2D eigenvalue weighted by Crippen LogP contribution is 2.25. The zero-order chi connectivity index (χ0) is 16.6. The van der Waals surface area contributed by atoms with Crippen LogP contribution in [0.2, 0.25) is 32.5 Å². The summed E-state index contributed by atoms with van der Waals surface area (Å²) in [6.45, 7) is 14.0. The summed E-state index contributed by atoms with van der Waals surface area (Å²) in [6, 6.07) is 1.15. The summed E-state index contributed by atoms with van der Waals surface area (Å²) < 4.78 is 16.7. The molecule has 5 nitrogen and oxygen atoms in total. The van der Waals surface area contributed by atoms with Crippen LogP contribution in [-0.2, 0) is 14.2 Å². The van der Waals surface area contributed by atoms with Gasteiger partial charge in [0.25, 0.3) is 0 Å². The largest absolute Gasteiger partial charge is 0.392 e. The van der Waals surface area contributed by atoms with Gasteiger partial charge in [0, 0.05) is 33.7 Å². The Labute approximate surface area is 137 Å². The monoisotopic (exact) mass is 330 g/mol. The Hall–Kier alpha value is 0.0818. The molecule has 0 aromatic carbocycles. The SMILES string of the molecule is C[B]ON1CC(CC)C(O)C(COCOCC[Si](C)(C)C)C1. The number of piperidine rings is 1. The summed E-state index contributed by atoms with van der Waals surface area (Å²) in [5.41, 5.74) is 0. The summed E-state index contributed by atoms with van der Waals surface area (Å²) in [7, 11) is 0.642. The molecule has 1 saturated heterocycles. The number of ether oxygens (including phenoxy) is 2. The Bertz CT molecular complexity index is 304. The smallest absolute Gasteiger partial charge is 0.321 e. The van der Waals surface area contributed by atoms with Gasteiger partial charge in [-0.2, -0.15) is 0 Å². The van der Waals surface area contributed by atoms with Crippen molar-refractivity contribution in [3.63, 3.8) is 0 Å². The predicted molar refractivity (Wildman–Crippen MR) is 92.5 cm³/mol. The highest BCUT2D eigenvalue weighted by molar-refractivity contribution is 6.76. The summed E-state index contributed by atoms with van der Waals surface area (Å²) in [6.07, 6.45) is 0.609. The van der Waals surface area contributed by atoms with Crippen LogP contribution in [0.4, 0.5) is 0 Å². The van der Waals surface area contributed by atoms with Crippen molar-refractivity contribution in [2.75, 3.05) is 33.1 Å². The second kappa shape index (κ2) is 10.1. The van der Waals surface area contributed by atoms with Crippen LogP contribution in [0.1, 0.15) is 13.3 Å². The molecule has 0 aromatic heterocycles. The lowest BCUT2D eigenvalue weighted by Gasteiger charge is -2.40. The van der Waals surface area contributed by atoms with E-state index >= 15 is 0 Å². The van der Waals surface area contributed by atoms with Crippen LogP contribution in [-0.4, -0.2) is 64.9 Å². The molecule has 0 spiro atoms. The zero-order valence-corrected chi connectivity index (χ0v) is 15.9. The van der Waals surface area contributed by atoms with E-state index in [-0.39, 0.29) is 17.9 Å². The predicted octanol–water partition coefficient (Wildman–Crippen LogP) is 2.23. The minimum absolute atomic E-state index is 0.0687. The van der Waals surface area contributed by atoms with Crippen LogP contribution in [0.15, 0.2) is 0 Å². The van der Waals surface area contributed by atoms with Crippen molar-refractivity contribution >= 4 is 15.6 Å². The van der Waals surface area contributed by atoms with Crippen molar-refractivity contribution in [3.8, 4) is 0 Å². The van der Waals surface area contributed by atoms with Crippen molar-refractivity contribution in [1.29, 1.82) is 0 Å². The fourth-order valence-electron chi connectivity index (χ4n) is 2.65. The molecular formula is C15H33BNO4Si. The Kier molecular flexibility index (Phi) is 9.20. The quantitative estimate of drug-likeness (QED) is 0.378. The maximum absolute atomic E-state index is 10.4. The second-order valence-corrected chi connectivity index (χ2v) is 12.9. The minimum Gasteiger partial charge on any atom is -0.392 e. The van der Waals surface area contributed by atoms with Crippen molar-refractivity contribution in [2.24, 2.45) is 11.8 Å². The molecule has 0 saturated carbocycles. The molecule has 3 unspecified atom stereocenters. The van der Waals surface area contributed by atoms with E-state index in [9.17, 15) is 5.11 Å². The van der Waals surface area contributed by atoms with Crippen molar-refractivity contribution in [3.05, 3.63) is 0 Å². The van der Waals surface area contributed by atoms with Gasteiger partial charge in [0.05, 0.1) is 12.7 Å². The molecule has 0 aromatic rings. The second-order valence-electron chi connectivity index (χ2n) is 7.31. The van der Waals surface area contributed by atoms with Crippen LogP contribution in [0, 0.1) is 11.8 Å². The van der Waals surface area contributed by atoms with Gasteiger partial charge in [-0.3, -0.25) is 0 Å². The molecule has 1 rings (SSSR count). The van der Waals surface area contributed by atoms with E-state index in [0.29, 0.717) is 19.9 Å². The number of nitrogens with zero attached hydrogens (tertiary/aromatic N) is 1. The van der Waals surface area contributed by atoms with Crippen molar-refractivity contribution < 1.29 is 19.3 Å². The number of aliphatic hydroxyl groups excluding tert-OH is 1. The number of rotatable bonds is 10. The van der Waals surface area contributed by atoms with Crippen LogP contribution in [0.25, 0.3) is 0 Å². The van der Waals surface area contributed by atoms with Crippen LogP contribution >= 0.6 is 0 Å². The first-order valence-corrected chi connectivity index (χ1v) is 12.1. The van der Waals surface area contributed by atoms with E-state index in [1.807, 2.05) is 11.9 Å². The van der Waals surface area contributed by atoms with Gasteiger partial charge in [-0.05, 0) is 18.4 Å². The molecule has 7 heteroatoms. The molecule has 0 aliphatic carbocycles. The highest BCUT2D eigenvalue weighted by atomic mass is 28.3. The zero-order valence-electron chi connectivity index (χ0n) is 14.9. The fraction of sp³-hybridized carbons (Fsp3) is 1.00. The lowest BCUT2D eigenvalue weighted by molar-refractivity contribution is -0.163. The molecule has 0 bridgehead atoms. The molecule has 1 aliphatic rings. The number of hydroxylamine groups is 2. The molecule has 129 valence electrons. The Morgan fingerprint density at radius 3 is 2.45 bits per heavy atom. The molecular weight excluding hydrogens is 297 g/mol. The average molecular weight is 330 g/mol. The first-order valence-electron chi connectivity index (χ1n) is 8.40. The van der Waals surface area contributed by atoms with Gasteiger partial charge in [-0.1, -0.05) is 33.4 Å². The Balaban J connectivity index is 2.27. The minimum atomic E-state index is -1.04. The van der Waals surface area contributed by atoms with Gasteiger partial charge in [-0.25, -0.2) is 5.06 Å². The van der Waals surface area contributed by atoms with Gasteiger partial charge in [-0.15, -0.1) is 0 Å². The summed E-state index contributed by atoms with van der Waals surface area (Å²) in [4.78, 5) is 0. The maximum atomic E-state index is 10.4. The molecule has 1 heterocycles.